The molecule has 1 saturated heterocycles. The predicted molar refractivity (Wildman–Crippen MR) is 111 cm³/mol. The van der Waals surface area contributed by atoms with Crippen molar-refractivity contribution >= 4 is 5.91 Å². The summed E-state index contributed by atoms with van der Waals surface area (Å²) in [5.74, 6) is 1.79. The number of amides is 1. The predicted octanol–water partition coefficient (Wildman–Crippen LogP) is 3.68. The summed E-state index contributed by atoms with van der Waals surface area (Å²) in [5, 5.41) is 3.44. The maximum atomic E-state index is 11.6. The monoisotopic (exact) mass is 382 g/mol. The minimum Gasteiger partial charge on any atom is -0.493 e. The minimum absolute atomic E-state index is 0.297. The summed E-state index contributed by atoms with van der Waals surface area (Å²) < 4.78 is 11.5. The zero-order valence-electron chi connectivity index (χ0n) is 16.9. The summed E-state index contributed by atoms with van der Waals surface area (Å²) in [4.78, 5) is 13.6. The molecule has 0 radical (unpaired) electrons. The third-order valence-corrected chi connectivity index (χ3v) is 4.99. The van der Waals surface area contributed by atoms with Crippen molar-refractivity contribution in [3.63, 3.8) is 0 Å². The maximum Gasteiger partial charge on any atom is 0.222 e. The van der Waals surface area contributed by atoms with Crippen molar-refractivity contribution in [3.05, 3.63) is 59.2 Å². The van der Waals surface area contributed by atoms with Crippen LogP contribution in [0.25, 0.3) is 0 Å². The Morgan fingerprint density at radius 3 is 2.75 bits per heavy atom. The van der Waals surface area contributed by atoms with Crippen LogP contribution in [-0.4, -0.2) is 37.6 Å². The average molecular weight is 383 g/mol. The van der Waals surface area contributed by atoms with E-state index in [0.717, 1.165) is 61.6 Å². The highest BCUT2D eigenvalue weighted by Gasteiger charge is 2.18. The van der Waals surface area contributed by atoms with Crippen molar-refractivity contribution in [2.45, 2.75) is 39.3 Å². The lowest BCUT2D eigenvalue weighted by Gasteiger charge is -2.15. The molecule has 150 valence electrons. The quantitative estimate of drug-likeness (QED) is 0.637. The van der Waals surface area contributed by atoms with Crippen LogP contribution in [0.2, 0.25) is 0 Å². The Hall–Kier alpha value is -2.53. The van der Waals surface area contributed by atoms with E-state index in [4.69, 9.17) is 9.47 Å². The van der Waals surface area contributed by atoms with Gasteiger partial charge in [-0.15, -0.1) is 0 Å². The molecule has 0 aliphatic carbocycles. The van der Waals surface area contributed by atoms with Crippen molar-refractivity contribution < 1.29 is 14.3 Å². The van der Waals surface area contributed by atoms with Crippen molar-refractivity contribution in [2.24, 2.45) is 0 Å². The molecule has 2 aromatic carbocycles. The van der Waals surface area contributed by atoms with E-state index in [-0.39, 0.29) is 0 Å². The van der Waals surface area contributed by atoms with Gasteiger partial charge < -0.3 is 19.7 Å². The normalized spacial score (nSPS) is 13.8. The fraction of sp³-hybridized carbons (Fsp3) is 0.435. The van der Waals surface area contributed by atoms with Crippen LogP contribution in [0, 0.1) is 6.92 Å². The number of carbonyl (C=O) groups is 1. The smallest absolute Gasteiger partial charge is 0.222 e. The fourth-order valence-corrected chi connectivity index (χ4v) is 3.47. The van der Waals surface area contributed by atoms with E-state index in [1.807, 2.05) is 23.1 Å². The molecule has 1 N–H and O–H groups in total. The van der Waals surface area contributed by atoms with Crippen LogP contribution in [0.15, 0.2) is 42.5 Å². The second-order valence-corrected chi connectivity index (χ2v) is 7.28. The molecule has 1 fully saturated rings. The Labute approximate surface area is 167 Å². The standard InChI is InChI=1S/C23H30N2O3/c1-18-6-3-7-20(14-18)17-28-21-10-9-19(15-22(21)27-2)16-24-11-5-13-25-12-4-8-23(25)26/h3,6-7,9-10,14-15,24H,4-5,8,11-13,16-17H2,1-2H3. The van der Waals surface area contributed by atoms with Gasteiger partial charge >= 0.3 is 0 Å². The van der Waals surface area contributed by atoms with Gasteiger partial charge in [-0.2, -0.15) is 0 Å². The number of carbonyl (C=O) groups excluding carboxylic acids is 1. The van der Waals surface area contributed by atoms with Crippen LogP contribution < -0.4 is 14.8 Å². The lowest BCUT2D eigenvalue weighted by molar-refractivity contribution is -0.127. The van der Waals surface area contributed by atoms with Crippen LogP contribution in [0.1, 0.15) is 36.0 Å². The van der Waals surface area contributed by atoms with E-state index in [1.165, 1.54) is 5.56 Å². The number of methoxy groups -OCH3 is 1. The van der Waals surface area contributed by atoms with Gasteiger partial charge in [-0.1, -0.05) is 35.9 Å². The Balaban J connectivity index is 1.45. The molecule has 0 unspecified atom stereocenters. The topological polar surface area (TPSA) is 50.8 Å². The van der Waals surface area contributed by atoms with Crippen LogP contribution in [0.3, 0.4) is 0 Å². The number of aryl methyl sites for hydroxylation is 1. The number of hydrogen-bond acceptors (Lipinski definition) is 4. The summed E-state index contributed by atoms with van der Waals surface area (Å²) >= 11 is 0. The van der Waals surface area contributed by atoms with Crippen LogP contribution >= 0.6 is 0 Å². The SMILES string of the molecule is COc1cc(CNCCCN2CCCC2=O)ccc1OCc1cccc(C)c1. The number of likely N-dealkylation sites (tertiary alicyclic amines) is 1. The summed E-state index contributed by atoms with van der Waals surface area (Å²) in [6.45, 7) is 6.01. The highest BCUT2D eigenvalue weighted by atomic mass is 16.5. The zero-order chi connectivity index (χ0) is 19.8. The molecule has 0 atom stereocenters. The van der Waals surface area contributed by atoms with Gasteiger partial charge in [0.15, 0.2) is 11.5 Å². The highest BCUT2D eigenvalue weighted by molar-refractivity contribution is 5.77. The Morgan fingerprint density at radius 1 is 1.11 bits per heavy atom. The molecule has 1 amide bonds. The third kappa shape index (κ3) is 5.73. The Morgan fingerprint density at radius 2 is 2.00 bits per heavy atom. The number of nitrogens with one attached hydrogen (secondary N) is 1. The van der Waals surface area contributed by atoms with Gasteiger partial charge in [0.25, 0.3) is 0 Å². The Bertz CT molecular complexity index is 791. The zero-order valence-corrected chi connectivity index (χ0v) is 16.9. The van der Waals surface area contributed by atoms with Crippen molar-refractivity contribution in [3.8, 4) is 11.5 Å². The summed E-state index contributed by atoms with van der Waals surface area (Å²) in [6.07, 6.45) is 2.69. The Kier molecular flexibility index (Phi) is 7.31. The molecule has 0 spiro atoms. The average Bonchev–Trinajstić information content (AvgIpc) is 3.11. The van der Waals surface area contributed by atoms with Crippen LogP contribution in [0.4, 0.5) is 0 Å². The first kappa shape index (κ1) is 20.2. The van der Waals surface area contributed by atoms with Crippen LogP contribution in [0.5, 0.6) is 11.5 Å². The number of hydrogen-bond donors (Lipinski definition) is 1. The number of nitrogens with zero attached hydrogens (tertiary/aromatic N) is 1. The summed E-state index contributed by atoms with van der Waals surface area (Å²) in [7, 11) is 1.67. The number of rotatable bonds is 10. The van der Waals surface area contributed by atoms with Crippen molar-refractivity contribution in [2.75, 3.05) is 26.7 Å². The molecule has 28 heavy (non-hydrogen) atoms. The molecule has 0 aromatic heterocycles. The van der Waals surface area contributed by atoms with Gasteiger partial charge in [-0.3, -0.25) is 4.79 Å². The number of ether oxygens (including phenoxy) is 2. The lowest BCUT2D eigenvalue weighted by Crippen LogP contribution is -2.28. The highest BCUT2D eigenvalue weighted by Crippen LogP contribution is 2.29. The van der Waals surface area contributed by atoms with Gasteiger partial charge in [0.05, 0.1) is 7.11 Å². The fourth-order valence-electron chi connectivity index (χ4n) is 3.47. The van der Waals surface area contributed by atoms with Crippen LogP contribution in [-0.2, 0) is 17.9 Å². The summed E-state index contributed by atoms with van der Waals surface area (Å²) in [6, 6.07) is 14.4. The van der Waals surface area contributed by atoms with E-state index in [0.29, 0.717) is 18.9 Å². The van der Waals surface area contributed by atoms with Gasteiger partial charge in [-0.25, -0.2) is 0 Å². The molecular weight excluding hydrogens is 352 g/mol. The second kappa shape index (κ2) is 10.1. The maximum absolute atomic E-state index is 11.6. The van der Waals surface area contributed by atoms with Gasteiger partial charge in [0.2, 0.25) is 5.91 Å². The molecule has 1 aliphatic heterocycles. The van der Waals surface area contributed by atoms with E-state index in [9.17, 15) is 4.79 Å². The third-order valence-electron chi connectivity index (χ3n) is 4.99. The van der Waals surface area contributed by atoms with E-state index >= 15 is 0 Å². The first-order chi connectivity index (χ1) is 13.7. The first-order valence-electron chi connectivity index (χ1n) is 9.99. The van der Waals surface area contributed by atoms with E-state index in [2.05, 4.69) is 36.5 Å². The van der Waals surface area contributed by atoms with Crippen molar-refractivity contribution in [1.29, 1.82) is 0 Å². The molecule has 0 saturated carbocycles. The van der Waals surface area contributed by atoms with E-state index < -0.39 is 0 Å². The second-order valence-electron chi connectivity index (χ2n) is 7.28. The largest absolute Gasteiger partial charge is 0.493 e. The molecule has 3 rings (SSSR count). The van der Waals surface area contributed by atoms with Gasteiger partial charge in [0.1, 0.15) is 6.61 Å². The molecule has 2 aromatic rings. The van der Waals surface area contributed by atoms with E-state index in [1.54, 1.807) is 7.11 Å². The summed E-state index contributed by atoms with van der Waals surface area (Å²) in [5.41, 5.74) is 3.52. The molecule has 1 heterocycles. The molecule has 5 nitrogen and oxygen atoms in total. The molecule has 1 aliphatic rings. The van der Waals surface area contributed by atoms with Crippen molar-refractivity contribution in [1.82, 2.24) is 10.2 Å². The molecular formula is C23H30N2O3. The molecule has 5 heteroatoms. The lowest BCUT2D eigenvalue weighted by atomic mass is 10.1. The minimum atomic E-state index is 0.297. The number of benzene rings is 2. The van der Waals surface area contributed by atoms with Gasteiger partial charge in [0, 0.05) is 26.1 Å². The first-order valence-corrected chi connectivity index (χ1v) is 9.99. The molecule has 0 bridgehead atoms. The van der Waals surface area contributed by atoms with Gasteiger partial charge in [-0.05, 0) is 49.6 Å².